The first kappa shape index (κ1) is 36.6. The number of rotatable bonds is 13. The number of carbonyl (C=O) groups excluding carboxylic acids is 3. The highest BCUT2D eigenvalue weighted by Crippen LogP contribution is 2.39. The molecule has 53 heavy (non-hydrogen) atoms. The lowest BCUT2D eigenvalue weighted by atomic mass is 10.1. The highest BCUT2D eigenvalue weighted by molar-refractivity contribution is 8.00. The van der Waals surface area contributed by atoms with E-state index in [0.29, 0.717) is 33.4 Å². The minimum absolute atomic E-state index is 0.0152. The van der Waals surface area contributed by atoms with Gasteiger partial charge in [0.1, 0.15) is 10.9 Å². The summed E-state index contributed by atoms with van der Waals surface area (Å²) >= 11 is 2.77. The average molecular weight is 741 g/mol. The third-order valence-corrected chi connectivity index (χ3v) is 10.2. The van der Waals surface area contributed by atoms with Gasteiger partial charge in [-0.1, -0.05) is 97.1 Å². The lowest BCUT2D eigenvalue weighted by molar-refractivity contribution is -0.116. The number of hydrogen-bond acceptors (Lipinski definition) is 8. The number of nitrogens with zero attached hydrogens (tertiary/aromatic N) is 1. The van der Waals surface area contributed by atoms with E-state index in [4.69, 9.17) is 14.5 Å². The number of para-hydroxylation sites is 1. The summed E-state index contributed by atoms with van der Waals surface area (Å²) in [6.45, 7) is 1.99. The Morgan fingerprint density at radius 3 is 2.15 bits per heavy atom. The zero-order valence-corrected chi connectivity index (χ0v) is 30.8. The highest BCUT2D eigenvalue weighted by atomic mass is 32.2. The molecule has 0 radical (unpaired) electrons. The van der Waals surface area contributed by atoms with Gasteiger partial charge in [0, 0.05) is 32.2 Å². The summed E-state index contributed by atoms with van der Waals surface area (Å²) in [7, 11) is 3.03. The Bertz CT molecular complexity index is 2240. The van der Waals surface area contributed by atoms with Gasteiger partial charge in [0.05, 0.1) is 19.9 Å². The fourth-order valence-corrected chi connectivity index (χ4v) is 7.41. The minimum Gasteiger partial charge on any atom is -0.493 e. The van der Waals surface area contributed by atoms with Crippen molar-refractivity contribution in [3.05, 3.63) is 161 Å². The maximum Gasteiger partial charge on any atom is 0.272 e. The van der Waals surface area contributed by atoms with Gasteiger partial charge in [-0.3, -0.25) is 14.4 Å². The van der Waals surface area contributed by atoms with Gasteiger partial charge in [0.15, 0.2) is 16.6 Å². The number of aryl methyl sites for hydroxylation is 1. The molecule has 266 valence electrons. The number of carbonyl (C=O) groups is 3. The molecule has 5 aromatic carbocycles. The minimum atomic E-state index is -0.632. The molecule has 6 aromatic rings. The van der Waals surface area contributed by atoms with Gasteiger partial charge in [0.25, 0.3) is 11.8 Å². The Hall–Kier alpha value is -6.17. The third kappa shape index (κ3) is 9.20. The van der Waals surface area contributed by atoms with Crippen LogP contribution < -0.4 is 25.4 Å². The van der Waals surface area contributed by atoms with Crippen LogP contribution in [-0.2, 0) is 9.59 Å². The smallest absolute Gasteiger partial charge is 0.272 e. The van der Waals surface area contributed by atoms with Crippen LogP contribution in [0.5, 0.6) is 11.5 Å². The number of hydrogen-bond donors (Lipinski definition) is 3. The number of aromatic nitrogens is 1. The van der Waals surface area contributed by atoms with Crippen LogP contribution in [0.25, 0.3) is 17.3 Å². The van der Waals surface area contributed by atoms with Crippen LogP contribution in [0.3, 0.4) is 0 Å². The lowest BCUT2D eigenvalue weighted by Crippen LogP contribution is -2.30. The molecule has 1 heterocycles. The number of anilines is 2. The van der Waals surface area contributed by atoms with Crippen molar-refractivity contribution in [2.45, 2.75) is 17.1 Å². The molecule has 1 unspecified atom stereocenters. The molecular weight excluding hydrogens is 705 g/mol. The van der Waals surface area contributed by atoms with E-state index in [1.54, 1.807) is 66.7 Å². The predicted molar refractivity (Wildman–Crippen MR) is 212 cm³/mol. The largest absolute Gasteiger partial charge is 0.493 e. The number of benzene rings is 5. The summed E-state index contributed by atoms with van der Waals surface area (Å²) in [5.74, 6) is -0.376. The molecule has 0 saturated heterocycles. The van der Waals surface area contributed by atoms with Crippen LogP contribution >= 0.6 is 23.1 Å². The molecule has 6 rings (SSSR count). The summed E-state index contributed by atoms with van der Waals surface area (Å²) in [4.78, 5) is 47.5. The molecule has 0 spiro atoms. The van der Waals surface area contributed by atoms with E-state index in [1.807, 2.05) is 73.7 Å². The van der Waals surface area contributed by atoms with Gasteiger partial charge in [0.2, 0.25) is 5.91 Å². The molecule has 0 fully saturated rings. The fourth-order valence-electron chi connectivity index (χ4n) is 5.49. The molecule has 1 aromatic heterocycles. The van der Waals surface area contributed by atoms with Crippen molar-refractivity contribution in [1.82, 2.24) is 10.3 Å². The summed E-state index contributed by atoms with van der Waals surface area (Å²) in [6, 6.07) is 40.4. The van der Waals surface area contributed by atoms with Crippen LogP contribution in [0.4, 0.5) is 10.8 Å². The molecule has 1 atom stereocenters. The first-order valence-electron chi connectivity index (χ1n) is 16.6. The number of ether oxygens (including phenoxy) is 2. The van der Waals surface area contributed by atoms with Crippen LogP contribution in [0.15, 0.2) is 144 Å². The Morgan fingerprint density at radius 2 is 1.45 bits per heavy atom. The topological polar surface area (TPSA) is 119 Å². The number of thioether (sulfide) groups is 1. The Kier molecular flexibility index (Phi) is 12.0. The zero-order valence-electron chi connectivity index (χ0n) is 29.2. The van der Waals surface area contributed by atoms with Crippen LogP contribution in [0.2, 0.25) is 0 Å². The molecule has 11 heteroatoms. The standard InChI is InChI=1S/C42H36N4O5S2/c1-27-36(28-15-7-4-8-16-28)45-42(52-27)46-41(49)38(29-17-9-5-10-18-29)53-33-23-14-22-32(26-33)43-40(48)34(44-39(47)30-19-11-6-12-20-30)25-31-21-13-24-35(50-2)37(31)51-3/h4-26,38H,1-3H3,(H,43,48)(H,44,47)(H,45,46,49)/b34-25+. The van der Waals surface area contributed by atoms with Crippen molar-refractivity contribution in [2.24, 2.45) is 0 Å². The normalized spacial score (nSPS) is 11.6. The summed E-state index contributed by atoms with van der Waals surface area (Å²) in [5, 5.41) is 8.60. The molecule has 0 aliphatic rings. The maximum atomic E-state index is 13.9. The zero-order chi connectivity index (χ0) is 37.2. The van der Waals surface area contributed by atoms with Crippen molar-refractivity contribution in [3.8, 4) is 22.8 Å². The molecule has 0 aliphatic heterocycles. The molecule has 9 nitrogen and oxygen atoms in total. The SMILES string of the molecule is COc1cccc(/C=C(/NC(=O)c2ccccc2)C(=O)Nc2cccc(SC(C(=O)Nc3nc(-c4ccccc4)c(C)s3)c3ccccc3)c2)c1OC. The van der Waals surface area contributed by atoms with Crippen molar-refractivity contribution in [2.75, 3.05) is 24.9 Å². The van der Waals surface area contributed by atoms with E-state index in [0.717, 1.165) is 26.6 Å². The van der Waals surface area contributed by atoms with Crippen molar-refractivity contribution in [1.29, 1.82) is 0 Å². The maximum absolute atomic E-state index is 13.9. The lowest BCUT2D eigenvalue weighted by Gasteiger charge is -2.17. The van der Waals surface area contributed by atoms with Gasteiger partial charge < -0.3 is 25.4 Å². The van der Waals surface area contributed by atoms with E-state index in [1.165, 1.54) is 43.4 Å². The van der Waals surface area contributed by atoms with Gasteiger partial charge in [-0.15, -0.1) is 23.1 Å². The van der Waals surface area contributed by atoms with Crippen LogP contribution in [0.1, 0.15) is 31.6 Å². The predicted octanol–water partition coefficient (Wildman–Crippen LogP) is 9.02. The Labute approximate surface area is 316 Å². The fraction of sp³-hybridized carbons (Fsp3) is 0.0952. The number of nitrogens with one attached hydrogen (secondary N) is 3. The average Bonchev–Trinajstić information content (AvgIpc) is 3.56. The molecule has 3 N–H and O–H groups in total. The number of amides is 3. The first-order chi connectivity index (χ1) is 25.8. The van der Waals surface area contributed by atoms with Crippen LogP contribution in [0, 0.1) is 6.92 Å². The second kappa shape index (κ2) is 17.4. The van der Waals surface area contributed by atoms with Gasteiger partial charge in [-0.2, -0.15) is 0 Å². The van der Waals surface area contributed by atoms with Crippen molar-refractivity contribution in [3.63, 3.8) is 0 Å². The highest BCUT2D eigenvalue weighted by Gasteiger charge is 2.24. The second-order valence-electron chi connectivity index (χ2n) is 11.6. The quantitative estimate of drug-likeness (QED) is 0.0799. The molecule has 0 aliphatic carbocycles. The Morgan fingerprint density at radius 1 is 0.774 bits per heavy atom. The van der Waals surface area contributed by atoms with Gasteiger partial charge >= 0.3 is 0 Å². The summed E-state index contributed by atoms with van der Waals surface area (Å²) in [6.07, 6.45) is 1.54. The summed E-state index contributed by atoms with van der Waals surface area (Å²) < 4.78 is 11.0. The summed E-state index contributed by atoms with van der Waals surface area (Å²) in [5.41, 5.74) is 3.98. The number of methoxy groups -OCH3 is 2. The molecule has 3 amide bonds. The molecular formula is C42H36N4O5S2. The van der Waals surface area contributed by atoms with Gasteiger partial charge in [-0.05, 0) is 55.0 Å². The van der Waals surface area contributed by atoms with Gasteiger partial charge in [-0.25, -0.2) is 4.98 Å². The van der Waals surface area contributed by atoms with E-state index >= 15 is 0 Å². The number of thiazole rings is 1. The third-order valence-electron chi connectivity index (χ3n) is 8.02. The van der Waals surface area contributed by atoms with Crippen molar-refractivity contribution < 1.29 is 23.9 Å². The van der Waals surface area contributed by atoms with Crippen molar-refractivity contribution >= 4 is 57.7 Å². The van der Waals surface area contributed by atoms with E-state index in [9.17, 15) is 14.4 Å². The van der Waals surface area contributed by atoms with E-state index < -0.39 is 17.1 Å². The van der Waals surface area contributed by atoms with Crippen LogP contribution in [-0.4, -0.2) is 36.9 Å². The monoisotopic (exact) mass is 740 g/mol. The second-order valence-corrected chi connectivity index (χ2v) is 14.0. The van der Waals surface area contributed by atoms with E-state index in [-0.39, 0.29) is 11.6 Å². The first-order valence-corrected chi connectivity index (χ1v) is 18.3. The molecule has 0 saturated carbocycles. The molecule has 0 bridgehead atoms. The van der Waals surface area contributed by atoms with E-state index in [2.05, 4.69) is 16.0 Å². The Balaban J connectivity index is 1.25.